The molecular weight excluding hydrogens is 204 g/mol. The number of hydrogen-bond acceptors (Lipinski definition) is 2. The highest BCUT2D eigenvalue weighted by Crippen LogP contribution is 2.35. The van der Waals surface area contributed by atoms with Gasteiger partial charge in [-0.05, 0) is 45.7 Å². The number of nitrogens with zero attached hydrogens (tertiary/aromatic N) is 1. The van der Waals surface area contributed by atoms with Crippen molar-refractivity contribution >= 4 is 17.2 Å². The van der Waals surface area contributed by atoms with E-state index in [1.165, 1.54) is 12.8 Å². The van der Waals surface area contributed by atoms with E-state index >= 15 is 0 Å². The van der Waals surface area contributed by atoms with Crippen LogP contribution in [0.1, 0.15) is 40.0 Å². The Labute approximate surface area is 99.2 Å². The summed E-state index contributed by atoms with van der Waals surface area (Å²) in [5.41, 5.74) is 5.71. The summed E-state index contributed by atoms with van der Waals surface area (Å²) in [5, 5.41) is 0. The van der Waals surface area contributed by atoms with Gasteiger partial charge in [-0.1, -0.05) is 26.1 Å². The Bertz CT molecular complexity index is 234. The highest BCUT2D eigenvalue weighted by atomic mass is 32.1. The van der Waals surface area contributed by atoms with Gasteiger partial charge in [0, 0.05) is 11.5 Å². The molecule has 1 aliphatic carbocycles. The molecule has 3 heteroatoms. The van der Waals surface area contributed by atoms with Crippen molar-refractivity contribution in [1.82, 2.24) is 4.90 Å². The van der Waals surface area contributed by atoms with Crippen molar-refractivity contribution in [2.75, 3.05) is 13.6 Å². The van der Waals surface area contributed by atoms with Gasteiger partial charge >= 0.3 is 0 Å². The monoisotopic (exact) mass is 228 g/mol. The zero-order valence-corrected chi connectivity index (χ0v) is 11.2. The second-order valence-corrected chi connectivity index (χ2v) is 6.00. The predicted octanol–water partition coefficient (Wildman–Crippen LogP) is 2.42. The maximum atomic E-state index is 5.72. The minimum atomic E-state index is -0.00708. The van der Waals surface area contributed by atoms with Gasteiger partial charge in [-0.25, -0.2) is 0 Å². The highest BCUT2D eigenvalue weighted by molar-refractivity contribution is 7.80. The van der Waals surface area contributed by atoms with Gasteiger partial charge < -0.3 is 10.6 Å². The second-order valence-electron chi connectivity index (χ2n) is 5.56. The first-order chi connectivity index (χ1) is 6.84. The predicted molar refractivity (Wildman–Crippen MR) is 70.0 cm³/mol. The van der Waals surface area contributed by atoms with Crippen LogP contribution in [0, 0.1) is 11.3 Å². The highest BCUT2D eigenvalue weighted by Gasteiger charge is 2.31. The van der Waals surface area contributed by atoms with E-state index in [9.17, 15) is 0 Å². The van der Waals surface area contributed by atoms with Crippen molar-refractivity contribution in [3.63, 3.8) is 0 Å². The molecule has 0 heterocycles. The maximum Gasteiger partial charge on any atom is 0.0784 e. The van der Waals surface area contributed by atoms with Gasteiger partial charge in [-0.3, -0.25) is 0 Å². The second kappa shape index (κ2) is 4.79. The summed E-state index contributed by atoms with van der Waals surface area (Å²) in [6.07, 6.45) is 3.87. The summed E-state index contributed by atoms with van der Waals surface area (Å²) in [5.74, 6) is 0.933. The zero-order valence-electron chi connectivity index (χ0n) is 10.4. The van der Waals surface area contributed by atoms with E-state index in [1.54, 1.807) is 0 Å². The lowest BCUT2D eigenvalue weighted by atomic mass is 9.89. The molecule has 1 unspecified atom stereocenters. The van der Waals surface area contributed by atoms with E-state index in [1.807, 2.05) is 0 Å². The zero-order chi connectivity index (χ0) is 11.6. The fourth-order valence-corrected chi connectivity index (χ4v) is 1.82. The molecule has 0 bridgehead atoms. The van der Waals surface area contributed by atoms with E-state index < -0.39 is 0 Å². The maximum absolute atomic E-state index is 5.72. The van der Waals surface area contributed by atoms with Crippen molar-refractivity contribution in [2.45, 2.75) is 46.1 Å². The molecule has 1 saturated carbocycles. The molecule has 0 amide bonds. The van der Waals surface area contributed by atoms with Crippen LogP contribution < -0.4 is 5.73 Å². The molecule has 0 saturated heterocycles. The van der Waals surface area contributed by atoms with E-state index in [2.05, 4.69) is 32.7 Å². The average Bonchev–Trinajstić information content (AvgIpc) is 2.96. The first-order valence-electron chi connectivity index (χ1n) is 5.85. The molecule has 88 valence electrons. The average molecular weight is 228 g/mol. The van der Waals surface area contributed by atoms with Crippen LogP contribution >= 0.6 is 12.2 Å². The van der Waals surface area contributed by atoms with Gasteiger partial charge in [0.25, 0.3) is 0 Å². The molecule has 0 aliphatic heterocycles. The molecule has 0 spiro atoms. The van der Waals surface area contributed by atoms with Crippen LogP contribution in [-0.4, -0.2) is 29.5 Å². The number of thiocarbonyl (C=S) groups is 1. The molecule has 1 aliphatic rings. The Hall–Kier alpha value is -0.150. The van der Waals surface area contributed by atoms with Gasteiger partial charge in [0.15, 0.2) is 0 Å². The molecule has 0 aromatic carbocycles. The van der Waals surface area contributed by atoms with Crippen molar-refractivity contribution < 1.29 is 0 Å². The number of hydrogen-bond donors (Lipinski definition) is 1. The molecule has 0 aromatic rings. The van der Waals surface area contributed by atoms with Crippen LogP contribution in [0.3, 0.4) is 0 Å². The lowest BCUT2D eigenvalue weighted by Crippen LogP contribution is -2.37. The molecule has 1 fully saturated rings. The number of nitrogens with two attached hydrogens (primary N) is 1. The Kier molecular flexibility index (Phi) is 4.13. The van der Waals surface area contributed by atoms with Crippen molar-refractivity contribution in [1.29, 1.82) is 0 Å². The van der Waals surface area contributed by atoms with Crippen LogP contribution in [-0.2, 0) is 0 Å². The fraction of sp³-hybridized carbons (Fsp3) is 0.917. The number of rotatable bonds is 6. The van der Waals surface area contributed by atoms with E-state index in [0.29, 0.717) is 11.0 Å². The Morgan fingerprint density at radius 1 is 1.53 bits per heavy atom. The summed E-state index contributed by atoms with van der Waals surface area (Å²) in [6.45, 7) is 7.67. The SMILES string of the molecule is CC(C1CC1)N(C)CCC(C)(C)C(N)=S. The van der Waals surface area contributed by atoms with Crippen LogP contribution in [0.25, 0.3) is 0 Å². The van der Waals surface area contributed by atoms with Gasteiger partial charge in [-0.2, -0.15) is 0 Å². The normalized spacial score (nSPS) is 19.3. The van der Waals surface area contributed by atoms with Crippen LogP contribution in [0.4, 0.5) is 0 Å². The Morgan fingerprint density at radius 2 is 2.07 bits per heavy atom. The molecule has 1 rings (SSSR count). The third kappa shape index (κ3) is 3.72. The van der Waals surface area contributed by atoms with Crippen LogP contribution in [0.2, 0.25) is 0 Å². The van der Waals surface area contributed by atoms with E-state index in [4.69, 9.17) is 18.0 Å². The largest absolute Gasteiger partial charge is 0.393 e. The lowest BCUT2D eigenvalue weighted by molar-refractivity contribution is 0.214. The van der Waals surface area contributed by atoms with E-state index in [0.717, 1.165) is 18.9 Å². The minimum Gasteiger partial charge on any atom is -0.393 e. The summed E-state index contributed by atoms with van der Waals surface area (Å²) in [4.78, 5) is 3.08. The van der Waals surface area contributed by atoms with Crippen LogP contribution in [0.15, 0.2) is 0 Å². The first kappa shape index (κ1) is 12.9. The van der Waals surface area contributed by atoms with Crippen LogP contribution in [0.5, 0.6) is 0 Å². The third-order valence-corrected chi connectivity index (χ3v) is 4.31. The fourth-order valence-electron chi connectivity index (χ4n) is 1.72. The smallest absolute Gasteiger partial charge is 0.0784 e. The molecular formula is C12H24N2S. The van der Waals surface area contributed by atoms with Crippen molar-refractivity contribution in [3.05, 3.63) is 0 Å². The first-order valence-corrected chi connectivity index (χ1v) is 6.25. The summed E-state index contributed by atoms with van der Waals surface area (Å²) >= 11 is 5.07. The molecule has 1 atom stereocenters. The molecule has 15 heavy (non-hydrogen) atoms. The van der Waals surface area contributed by atoms with Crippen molar-refractivity contribution in [3.8, 4) is 0 Å². The quantitative estimate of drug-likeness (QED) is 0.708. The Morgan fingerprint density at radius 3 is 2.47 bits per heavy atom. The summed E-state index contributed by atoms with van der Waals surface area (Å²) < 4.78 is 0. The lowest BCUT2D eigenvalue weighted by Gasteiger charge is -2.29. The molecule has 2 N–H and O–H groups in total. The minimum absolute atomic E-state index is 0.00708. The van der Waals surface area contributed by atoms with Gasteiger partial charge in [0.2, 0.25) is 0 Å². The van der Waals surface area contributed by atoms with Crippen molar-refractivity contribution in [2.24, 2.45) is 17.1 Å². The topological polar surface area (TPSA) is 29.3 Å². The summed E-state index contributed by atoms with van der Waals surface area (Å²) in [7, 11) is 2.21. The third-order valence-electron chi connectivity index (χ3n) is 3.76. The molecule has 2 nitrogen and oxygen atoms in total. The van der Waals surface area contributed by atoms with Gasteiger partial charge in [-0.15, -0.1) is 0 Å². The molecule has 0 radical (unpaired) electrons. The van der Waals surface area contributed by atoms with Gasteiger partial charge in [0.05, 0.1) is 4.99 Å². The Balaban J connectivity index is 2.32. The van der Waals surface area contributed by atoms with E-state index in [-0.39, 0.29) is 5.41 Å². The summed E-state index contributed by atoms with van der Waals surface area (Å²) in [6, 6.07) is 0.715. The standard InChI is InChI=1S/C12H24N2S/c1-9(10-5-6-10)14(4)8-7-12(2,3)11(13)15/h9-10H,5-8H2,1-4H3,(H2,13,15). The molecule has 0 aromatic heterocycles. The van der Waals surface area contributed by atoms with Gasteiger partial charge in [0.1, 0.15) is 0 Å².